The van der Waals surface area contributed by atoms with Crippen molar-refractivity contribution in [3.63, 3.8) is 0 Å². The summed E-state index contributed by atoms with van der Waals surface area (Å²) in [4.78, 5) is 0. The fourth-order valence-electron chi connectivity index (χ4n) is 3.29. The molecule has 1 aromatic rings. The van der Waals surface area contributed by atoms with Crippen molar-refractivity contribution >= 4 is 5.69 Å². The van der Waals surface area contributed by atoms with Crippen LogP contribution in [0, 0.1) is 29.0 Å². The second-order valence-electron chi connectivity index (χ2n) is 5.91. The van der Waals surface area contributed by atoms with E-state index in [2.05, 4.69) is 5.32 Å². The molecule has 2 aliphatic rings. The number of nitrogens with zero attached hydrogens (tertiary/aromatic N) is 1. The maximum atomic E-state index is 13.3. The Bertz CT molecular complexity index is 502. The number of rotatable bonds is 3. The van der Waals surface area contributed by atoms with Crippen LogP contribution < -0.4 is 5.32 Å². The number of hydrogen-bond acceptors (Lipinski definition) is 2. The Balaban J connectivity index is 1.65. The van der Waals surface area contributed by atoms with Gasteiger partial charge in [0, 0.05) is 11.7 Å². The Kier molecular flexibility index (Phi) is 3.42. The molecule has 0 aliphatic heterocycles. The Labute approximate surface area is 113 Å². The highest BCUT2D eigenvalue weighted by Crippen LogP contribution is 2.44. The Morgan fingerprint density at radius 3 is 2.74 bits per heavy atom. The summed E-state index contributed by atoms with van der Waals surface area (Å²) in [6.07, 6.45) is 7.88. The van der Waals surface area contributed by atoms with Gasteiger partial charge in [-0.3, -0.25) is 0 Å². The number of nitriles is 1. The zero-order valence-electron chi connectivity index (χ0n) is 11.0. The molecule has 0 bridgehead atoms. The Morgan fingerprint density at radius 2 is 2.00 bits per heavy atom. The molecule has 3 rings (SSSR count). The molecule has 2 fully saturated rings. The molecule has 0 heterocycles. The van der Waals surface area contributed by atoms with Gasteiger partial charge in [0.05, 0.1) is 5.56 Å². The topological polar surface area (TPSA) is 35.8 Å². The number of benzene rings is 1. The smallest absolute Gasteiger partial charge is 0.141 e. The largest absolute Gasteiger partial charge is 0.382 e. The molecule has 1 N–H and O–H groups in total. The van der Waals surface area contributed by atoms with Gasteiger partial charge < -0.3 is 5.32 Å². The van der Waals surface area contributed by atoms with Crippen molar-refractivity contribution in [2.45, 2.75) is 44.6 Å². The predicted molar refractivity (Wildman–Crippen MR) is 73.2 cm³/mol. The van der Waals surface area contributed by atoms with Crippen molar-refractivity contribution < 1.29 is 4.39 Å². The van der Waals surface area contributed by atoms with Gasteiger partial charge in [0.25, 0.3) is 0 Å². The molecule has 2 saturated carbocycles. The summed E-state index contributed by atoms with van der Waals surface area (Å²) in [5, 5.41) is 12.3. The van der Waals surface area contributed by atoms with E-state index in [4.69, 9.17) is 5.26 Å². The zero-order valence-corrected chi connectivity index (χ0v) is 11.0. The van der Waals surface area contributed by atoms with Gasteiger partial charge in [0.15, 0.2) is 0 Å². The highest BCUT2D eigenvalue weighted by Gasteiger charge is 2.34. The maximum Gasteiger partial charge on any atom is 0.141 e. The second kappa shape index (κ2) is 5.21. The van der Waals surface area contributed by atoms with Crippen LogP contribution in [0.25, 0.3) is 0 Å². The molecule has 1 aromatic carbocycles. The summed E-state index contributed by atoms with van der Waals surface area (Å²) in [6.45, 7) is 0. The molecule has 2 unspecified atom stereocenters. The van der Waals surface area contributed by atoms with E-state index < -0.39 is 5.82 Å². The maximum absolute atomic E-state index is 13.3. The molecule has 0 amide bonds. The molecule has 19 heavy (non-hydrogen) atoms. The zero-order chi connectivity index (χ0) is 13.2. The monoisotopic (exact) mass is 258 g/mol. The molecule has 0 radical (unpaired) electrons. The van der Waals surface area contributed by atoms with E-state index in [9.17, 15) is 4.39 Å². The van der Waals surface area contributed by atoms with Gasteiger partial charge in [-0.2, -0.15) is 5.26 Å². The van der Waals surface area contributed by atoms with Crippen molar-refractivity contribution in [2.75, 3.05) is 5.32 Å². The first-order chi connectivity index (χ1) is 9.26. The molecule has 3 heteroatoms. The third-order valence-electron chi connectivity index (χ3n) is 4.46. The molecule has 100 valence electrons. The number of nitrogens with one attached hydrogen (secondary N) is 1. The summed E-state index contributed by atoms with van der Waals surface area (Å²) in [5.41, 5.74) is 0.999. The molecule has 2 nitrogen and oxygen atoms in total. The number of anilines is 1. The first-order valence-electron chi connectivity index (χ1n) is 7.22. The van der Waals surface area contributed by atoms with E-state index in [0.717, 1.165) is 17.5 Å². The lowest BCUT2D eigenvalue weighted by atomic mass is 9.82. The van der Waals surface area contributed by atoms with Crippen LogP contribution in [0.2, 0.25) is 0 Å². The Morgan fingerprint density at radius 1 is 1.16 bits per heavy atom. The van der Waals surface area contributed by atoms with Gasteiger partial charge in [-0.15, -0.1) is 0 Å². The average Bonchev–Trinajstić information content (AvgIpc) is 3.26. The van der Waals surface area contributed by atoms with Crippen LogP contribution in [0.3, 0.4) is 0 Å². The molecular weight excluding hydrogens is 239 g/mol. The molecule has 2 atom stereocenters. The summed E-state index contributed by atoms with van der Waals surface area (Å²) >= 11 is 0. The summed E-state index contributed by atoms with van der Waals surface area (Å²) in [5.74, 6) is 1.40. The summed E-state index contributed by atoms with van der Waals surface area (Å²) < 4.78 is 13.3. The molecule has 0 saturated heterocycles. The molecular formula is C16H19FN2. The Hall–Kier alpha value is -1.56. The normalized spacial score (nSPS) is 26.7. The first-order valence-corrected chi connectivity index (χ1v) is 7.22. The first kappa shape index (κ1) is 12.5. The summed E-state index contributed by atoms with van der Waals surface area (Å²) in [6, 6.07) is 7.11. The quantitative estimate of drug-likeness (QED) is 0.886. The third kappa shape index (κ3) is 2.89. The lowest BCUT2D eigenvalue weighted by Gasteiger charge is -2.30. The fourth-order valence-corrected chi connectivity index (χ4v) is 3.29. The van der Waals surface area contributed by atoms with Crippen LogP contribution >= 0.6 is 0 Å². The van der Waals surface area contributed by atoms with Crippen LogP contribution in [-0.4, -0.2) is 6.04 Å². The van der Waals surface area contributed by atoms with E-state index in [1.54, 1.807) is 12.1 Å². The summed E-state index contributed by atoms with van der Waals surface area (Å²) in [7, 11) is 0. The minimum absolute atomic E-state index is 0.125. The average molecular weight is 258 g/mol. The van der Waals surface area contributed by atoms with Crippen molar-refractivity contribution in [2.24, 2.45) is 11.8 Å². The van der Waals surface area contributed by atoms with Gasteiger partial charge in [-0.1, -0.05) is 12.8 Å². The number of halogens is 1. The minimum atomic E-state index is -0.437. The van der Waals surface area contributed by atoms with Gasteiger partial charge in [0.1, 0.15) is 11.9 Å². The molecule has 2 aliphatic carbocycles. The van der Waals surface area contributed by atoms with E-state index in [0.29, 0.717) is 6.04 Å². The molecule has 0 spiro atoms. The van der Waals surface area contributed by atoms with E-state index in [1.165, 1.54) is 44.6 Å². The minimum Gasteiger partial charge on any atom is -0.382 e. The van der Waals surface area contributed by atoms with E-state index in [-0.39, 0.29) is 5.56 Å². The molecule has 0 aromatic heterocycles. The van der Waals surface area contributed by atoms with Crippen LogP contribution in [-0.2, 0) is 0 Å². The standard InChI is InChI=1S/C16H19FN2/c17-16-7-6-15(9-13(16)10-18)19-14-3-1-2-12(8-14)11-4-5-11/h6-7,9,11-12,14,19H,1-5,8H2. The van der Waals surface area contributed by atoms with Crippen molar-refractivity contribution in [1.29, 1.82) is 5.26 Å². The predicted octanol–water partition coefficient (Wildman–Crippen LogP) is 4.08. The highest BCUT2D eigenvalue weighted by atomic mass is 19.1. The van der Waals surface area contributed by atoms with Crippen LogP contribution in [0.5, 0.6) is 0 Å². The van der Waals surface area contributed by atoms with Gasteiger partial charge >= 0.3 is 0 Å². The van der Waals surface area contributed by atoms with Crippen molar-refractivity contribution in [3.8, 4) is 6.07 Å². The lowest BCUT2D eigenvalue weighted by molar-refractivity contribution is 0.303. The van der Waals surface area contributed by atoms with Crippen molar-refractivity contribution in [1.82, 2.24) is 0 Å². The van der Waals surface area contributed by atoms with Gasteiger partial charge in [0.2, 0.25) is 0 Å². The lowest BCUT2D eigenvalue weighted by Crippen LogP contribution is -2.28. The van der Waals surface area contributed by atoms with Gasteiger partial charge in [-0.05, 0) is 55.7 Å². The highest BCUT2D eigenvalue weighted by molar-refractivity contribution is 5.50. The van der Waals surface area contributed by atoms with E-state index in [1.807, 2.05) is 6.07 Å². The van der Waals surface area contributed by atoms with Crippen LogP contribution in [0.1, 0.15) is 44.1 Å². The van der Waals surface area contributed by atoms with Crippen molar-refractivity contribution in [3.05, 3.63) is 29.6 Å². The SMILES string of the molecule is N#Cc1cc(NC2CCCC(C3CC3)C2)ccc1F. The second-order valence-corrected chi connectivity index (χ2v) is 5.91. The van der Waals surface area contributed by atoms with E-state index >= 15 is 0 Å². The third-order valence-corrected chi connectivity index (χ3v) is 4.46. The van der Waals surface area contributed by atoms with Crippen LogP contribution in [0.4, 0.5) is 10.1 Å². The number of hydrogen-bond donors (Lipinski definition) is 1. The van der Waals surface area contributed by atoms with Crippen LogP contribution in [0.15, 0.2) is 18.2 Å². The fraction of sp³-hybridized carbons (Fsp3) is 0.562. The van der Waals surface area contributed by atoms with Gasteiger partial charge in [-0.25, -0.2) is 4.39 Å².